The van der Waals surface area contributed by atoms with E-state index in [4.69, 9.17) is 10.5 Å². The zero-order valence-electron chi connectivity index (χ0n) is 12.3. The second-order valence-corrected chi connectivity index (χ2v) is 7.30. The third-order valence-corrected chi connectivity index (χ3v) is 5.50. The van der Waals surface area contributed by atoms with Crippen molar-refractivity contribution in [2.45, 2.75) is 37.5 Å². The van der Waals surface area contributed by atoms with Gasteiger partial charge in [0.2, 0.25) is 10.0 Å². The fourth-order valence-electron chi connectivity index (χ4n) is 2.51. The van der Waals surface area contributed by atoms with Crippen molar-refractivity contribution in [3.63, 3.8) is 0 Å². The minimum atomic E-state index is -3.58. The predicted octanol–water partition coefficient (Wildman–Crippen LogP) is 0.224. The highest BCUT2D eigenvalue weighted by Crippen LogP contribution is 2.23. The topological polar surface area (TPSA) is 92.9 Å². The normalized spacial score (nSPS) is 24.2. The Morgan fingerprint density at radius 2 is 2.14 bits per heavy atom. The first-order chi connectivity index (χ1) is 9.88. The summed E-state index contributed by atoms with van der Waals surface area (Å²) in [7, 11) is -3.58. The largest absolute Gasteiger partial charge is 0.394 e. The summed E-state index contributed by atoms with van der Waals surface area (Å²) in [6.07, 6.45) is -0.719. The van der Waals surface area contributed by atoms with Crippen LogP contribution in [0.2, 0.25) is 0 Å². The third kappa shape index (κ3) is 3.44. The summed E-state index contributed by atoms with van der Waals surface area (Å²) in [6.45, 7) is 4.29. The van der Waals surface area contributed by atoms with Gasteiger partial charge in [-0.15, -0.1) is 0 Å². The quantitative estimate of drug-likeness (QED) is 0.829. The molecule has 0 radical (unpaired) electrons. The van der Waals surface area contributed by atoms with Gasteiger partial charge in [-0.3, -0.25) is 0 Å². The highest BCUT2D eigenvalue weighted by molar-refractivity contribution is 7.89. The lowest BCUT2D eigenvalue weighted by Gasteiger charge is -2.35. The minimum Gasteiger partial charge on any atom is -0.394 e. The Hall–Kier alpha value is -0.990. The van der Waals surface area contributed by atoms with E-state index in [0.717, 1.165) is 11.1 Å². The van der Waals surface area contributed by atoms with E-state index in [1.807, 2.05) is 6.92 Å². The highest BCUT2D eigenvalue weighted by atomic mass is 32.2. The first-order valence-electron chi connectivity index (χ1n) is 6.94. The summed E-state index contributed by atoms with van der Waals surface area (Å²) in [5, 5.41) is 9.21. The molecule has 1 saturated heterocycles. The van der Waals surface area contributed by atoms with Crippen molar-refractivity contribution in [1.29, 1.82) is 0 Å². The van der Waals surface area contributed by atoms with Crippen LogP contribution in [0.15, 0.2) is 23.1 Å². The van der Waals surface area contributed by atoms with Crippen LogP contribution in [-0.2, 0) is 21.3 Å². The smallest absolute Gasteiger partial charge is 0.243 e. The maximum atomic E-state index is 12.7. The van der Waals surface area contributed by atoms with E-state index in [1.165, 1.54) is 4.31 Å². The molecule has 7 heteroatoms. The van der Waals surface area contributed by atoms with E-state index in [0.29, 0.717) is 6.54 Å². The lowest BCUT2D eigenvalue weighted by atomic mass is 10.1. The minimum absolute atomic E-state index is 0.168. The summed E-state index contributed by atoms with van der Waals surface area (Å²) in [6, 6.07) is 4.97. The fraction of sp³-hybridized carbons (Fsp3) is 0.571. The molecule has 0 bridgehead atoms. The van der Waals surface area contributed by atoms with Crippen LogP contribution in [0, 0.1) is 6.92 Å². The zero-order chi connectivity index (χ0) is 15.6. The molecule has 2 atom stereocenters. The molecule has 1 aliphatic heterocycles. The van der Waals surface area contributed by atoms with Gasteiger partial charge in [-0.05, 0) is 37.1 Å². The molecule has 0 aromatic heterocycles. The van der Waals surface area contributed by atoms with Crippen molar-refractivity contribution in [3.8, 4) is 0 Å². The number of sulfonamides is 1. The number of ether oxygens (including phenoxy) is 1. The Bertz CT molecular complexity index is 603. The van der Waals surface area contributed by atoms with Gasteiger partial charge in [-0.2, -0.15) is 4.31 Å². The van der Waals surface area contributed by atoms with Crippen LogP contribution in [0.5, 0.6) is 0 Å². The third-order valence-electron chi connectivity index (χ3n) is 3.67. The van der Waals surface area contributed by atoms with Crippen LogP contribution in [-0.4, -0.2) is 49.7 Å². The molecule has 118 valence electrons. The van der Waals surface area contributed by atoms with Crippen molar-refractivity contribution in [2.75, 3.05) is 19.7 Å². The number of benzene rings is 1. The molecule has 1 fully saturated rings. The van der Waals surface area contributed by atoms with E-state index in [-0.39, 0.29) is 30.7 Å². The second-order valence-electron chi connectivity index (χ2n) is 5.37. The van der Waals surface area contributed by atoms with Gasteiger partial charge >= 0.3 is 0 Å². The summed E-state index contributed by atoms with van der Waals surface area (Å²) in [4.78, 5) is 0.253. The van der Waals surface area contributed by atoms with Crippen LogP contribution in [0.1, 0.15) is 18.1 Å². The Morgan fingerprint density at radius 3 is 2.71 bits per heavy atom. The lowest BCUT2D eigenvalue weighted by Crippen LogP contribution is -2.50. The predicted molar refractivity (Wildman–Crippen MR) is 79.3 cm³/mol. The SMILES string of the molecule is Cc1cc(S(=O)(=O)N2CC(C)OC(CO)C2)ccc1CN. The van der Waals surface area contributed by atoms with Gasteiger partial charge in [0, 0.05) is 19.6 Å². The molecule has 0 spiro atoms. The van der Waals surface area contributed by atoms with Crippen molar-refractivity contribution < 1.29 is 18.3 Å². The Morgan fingerprint density at radius 1 is 1.43 bits per heavy atom. The molecule has 0 saturated carbocycles. The van der Waals surface area contributed by atoms with Crippen LogP contribution in [0.4, 0.5) is 0 Å². The molecule has 6 nitrogen and oxygen atoms in total. The molecule has 1 aliphatic rings. The van der Waals surface area contributed by atoms with Gasteiger partial charge in [-0.1, -0.05) is 6.07 Å². The van der Waals surface area contributed by atoms with Gasteiger partial charge < -0.3 is 15.6 Å². The molecule has 21 heavy (non-hydrogen) atoms. The van der Waals surface area contributed by atoms with Gasteiger partial charge in [-0.25, -0.2) is 8.42 Å². The lowest BCUT2D eigenvalue weighted by molar-refractivity contribution is -0.0750. The molecular formula is C14H22N2O4S. The van der Waals surface area contributed by atoms with E-state index in [9.17, 15) is 13.5 Å². The number of morpholine rings is 1. The van der Waals surface area contributed by atoms with Gasteiger partial charge in [0.15, 0.2) is 0 Å². The van der Waals surface area contributed by atoms with Gasteiger partial charge in [0.25, 0.3) is 0 Å². The molecule has 0 amide bonds. The number of aliphatic hydroxyl groups excluding tert-OH is 1. The number of hydrogen-bond acceptors (Lipinski definition) is 5. The van der Waals surface area contributed by atoms with Crippen LogP contribution >= 0.6 is 0 Å². The molecule has 1 aromatic rings. The Balaban J connectivity index is 2.30. The fourth-order valence-corrected chi connectivity index (χ4v) is 4.14. The average Bonchev–Trinajstić information content (AvgIpc) is 2.46. The summed E-state index contributed by atoms with van der Waals surface area (Å²) in [5.74, 6) is 0. The van der Waals surface area contributed by atoms with Crippen LogP contribution in [0.25, 0.3) is 0 Å². The zero-order valence-corrected chi connectivity index (χ0v) is 13.1. The summed E-state index contributed by atoms with van der Waals surface area (Å²) < 4.78 is 32.3. The number of nitrogens with two attached hydrogens (primary N) is 1. The van der Waals surface area contributed by atoms with Gasteiger partial charge in [0.1, 0.15) is 0 Å². The number of hydrogen-bond donors (Lipinski definition) is 2. The average molecular weight is 314 g/mol. The summed E-state index contributed by atoms with van der Waals surface area (Å²) >= 11 is 0. The van der Waals surface area contributed by atoms with E-state index in [2.05, 4.69) is 0 Å². The van der Waals surface area contributed by atoms with Crippen molar-refractivity contribution in [2.24, 2.45) is 5.73 Å². The standard InChI is InChI=1S/C14H22N2O4S/c1-10-5-14(4-3-12(10)6-15)21(18,19)16-7-11(2)20-13(8-16)9-17/h3-5,11,13,17H,6-9,15H2,1-2H3. The van der Waals surface area contributed by atoms with E-state index < -0.39 is 16.1 Å². The van der Waals surface area contributed by atoms with Crippen LogP contribution < -0.4 is 5.73 Å². The molecule has 3 N–H and O–H groups in total. The molecule has 2 rings (SSSR count). The van der Waals surface area contributed by atoms with E-state index >= 15 is 0 Å². The van der Waals surface area contributed by atoms with Crippen molar-refractivity contribution >= 4 is 10.0 Å². The van der Waals surface area contributed by atoms with Crippen LogP contribution in [0.3, 0.4) is 0 Å². The summed E-state index contributed by atoms with van der Waals surface area (Å²) in [5.41, 5.74) is 7.39. The maximum absolute atomic E-state index is 12.7. The number of aryl methyl sites for hydroxylation is 1. The Kier molecular flexibility index (Phi) is 5.00. The number of aliphatic hydroxyl groups is 1. The molecular weight excluding hydrogens is 292 g/mol. The molecule has 1 aromatic carbocycles. The van der Waals surface area contributed by atoms with Crippen molar-refractivity contribution in [1.82, 2.24) is 4.31 Å². The maximum Gasteiger partial charge on any atom is 0.243 e. The monoisotopic (exact) mass is 314 g/mol. The molecule has 2 unspecified atom stereocenters. The first-order valence-corrected chi connectivity index (χ1v) is 8.38. The number of rotatable bonds is 4. The highest BCUT2D eigenvalue weighted by Gasteiger charge is 2.33. The first kappa shape index (κ1) is 16.4. The number of nitrogens with zero attached hydrogens (tertiary/aromatic N) is 1. The van der Waals surface area contributed by atoms with Crippen molar-refractivity contribution in [3.05, 3.63) is 29.3 Å². The Labute approximate surface area is 125 Å². The second kappa shape index (κ2) is 6.41. The van der Waals surface area contributed by atoms with E-state index in [1.54, 1.807) is 25.1 Å². The molecule has 0 aliphatic carbocycles. The molecule has 1 heterocycles. The van der Waals surface area contributed by atoms with Gasteiger partial charge in [0.05, 0.1) is 23.7 Å².